The molecule has 8 heteroatoms. The molecule has 0 spiro atoms. The van der Waals surface area contributed by atoms with Crippen LogP contribution in [0.25, 0.3) is 11.4 Å². The fourth-order valence-corrected chi connectivity index (χ4v) is 1.31. The molecule has 0 amide bonds. The average molecular weight is 248 g/mol. The number of rotatable bonds is 1. The van der Waals surface area contributed by atoms with Crippen LogP contribution in [-0.2, 0) is 6.18 Å². The zero-order chi connectivity index (χ0) is 12.6. The van der Waals surface area contributed by atoms with Gasteiger partial charge in [0.1, 0.15) is 5.82 Å². The maximum Gasteiger partial charge on any atom is 0.439 e. The SMILES string of the molecule is O=c1[nH]c(-c2cc(F)ccc2C(F)(F)F)no1. The molecular weight excluding hydrogens is 244 g/mol. The molecule has 1 aromatic carbocycles. The van der Waals surface area contributed by atoms with Crippen LogP contribution in [0.3, 0.4) is 0 Å². The first kappa shape index (κ1) is 11.4. The molecule has 1 N–H and O–H groups in total. The Morgan fingerprint density at radius 3 is 2.53 bits per heavy atom. The Bertz CT molecular complexity index is 600. The minimum Gasteiger partial charge on any atom is -0.296 e. The van der Waals surface area contributed by atoms with E-state index in [1.165, 1.54) is 0 Å². The van der Waals surface area contributed by atoms with Gasteiger partial charge in [-0.05, 0) is 18.2 Å². The first-order valence-corrected chi connectivity index (χ1v) is 4.31. The zero-order valence-electron chi connectivity index (χ0n) is 8.01. The van der Waals surface area contributed by atoms with Gasteiger partial charge in [-0.25, -0.2) is 9.18 Å². The van der Waals surface area contributed by atoms with Gasteiger partial charge in [-0.2, -0.15) is 13.2 Å². The molecule has 2 aromatic rings. The van der Waals surface area contributed by atoms with Crippen LogP contribution < -0.4 is 5.76 Å². The summed E-state index contributed by atoms with van der Waals surface area (Å²) < 4.78 is 54.8. The quantitative estimate of drug-likeness (QED) is 0.787. The third-order valence-electron chi connectivity index (χ3n) is 1.98. The van der Waals surface area contributed by atoms with Gasteiger partial charge in [0.05, 0.1) is 5.56 Å². The molecule has 0 atom stereocenters. The lowest BCUT2D eigenvalue weighted by Crippen LogP contribution is -2.08. The highest BCUT2D eigenvalue weighted by Crippen LogP contribution is 2.35. The average Bonchev–Trinajstić information content (AvgIpc) is 2.62. The van der Waals surface area contributed by atoms with E-state index in [2.05, 4.69) is 9.68 Å². The number of benzene rings is 1. The summed E-state index contributed by atoms with van der Waals surface area (Å²) in [4.78, 5) is 12.6. The monoisotopic (exact) mass is 248 g/mol. The van der Waals surface area contributed by atoms with E-state index in [0.717, 1.165) is 0 Å². The molecule has 1 aromatic heterocycles. The minimum absolute atomic E-state index is 0.471. The predicted molar refractivity (Wildman–Crippen MR) is 47.5 cm³/mol. The Morgan fingerprint density at radius 2 is 2.00 bits per heavy atom. The second-order valence-electron chi connectivity index (χ2n) is 3.13. The van der Waals surface area contributed by atoms with Crippen molar-refractivity contribution in [1.29, 1.82) is 0 Å². The topological polar surface area (TPSA) is 58.9 Å². The lowest BCUT2D eigenvalue weighted by atomic mass is 10.1. The molecule has 2 rings (SSSR count). The summed E-state index contributed by atoms with van der Waals surface area (Å²) in [5.74, 6) is -2.36. The molecule has 0 saturated heterocycles. The summed E-state index contributed by atoms with van der Waals surface area (Å²) >= 11 is 0. The van der Waals surface area contributed by atoms with E-state index >= 15 is 0 Å². The molecule has 0 unspecified atom stereocenters. The van der Waals surface area contributed by atoms with Gasteiger partial charge in [-0.15, -0.1) is 0 Å². The number of aromatic nitrogens is 2. The van der Waals surface area contributed by atoms with Crippen molar-refractivity contribution in [2.45, 2.75) is 6.18 Å². The molecule has 0 aliphatic rings. The summed E-state index contributed by atoms with van der Waals surface area (Å²) in [6, 6.07) is 1.86. The van der Waals surface area contributed by atoms with Crippen molar-refractivity contribution in [2.24, 2.45) is 0 Å². The Kier molecular flexibility index (Phi) is 2.49. The van der Waals surface area contributed by atoms with Crippen LogP contribution in [-0.4, -0.2) is 10.1 Å². The Hall–Kier alpha value is -2.12. The van der Waals surface area contributed by atoms with E-state index in [-0.39, 0.29) is 0 Å². The van der Waals surface area contributed by atoms with Crippen LogP contribution in [0.1, 0.15) is 5.56 Å². The van der Waals surface area contributed by atoms with E-state index in [1.54, 1.807) is 0 Å². The van der Waals surface area contributed by atoms with E-state index < -0.39 is 34.7 Å². The molecule has 1 heterocycles. The predicted octanol–water partition coefficient (Wildman–Crippen LogP) is 2.19. The van der Waals surface area contributed by atoms with Crippen LogP contribution in [0.4, 0.5) is 17.6 Å². The highest BCUT2D eigenvalue weighted by Gasteiger charge is 2.34. The summed E-state index contributed by atoms with van der Waals surface area (Å²) in [6.45, 7) is 0. The normalized spacial score (nSPS) is 11.8. The molecule has 90 valence electrons. The van der Waals surface area contributed by atoms with Crippen LogP contribution >= 0.6 is 0 Å². The highest BCUT2D eigenvalue weighted by atomic mass is 19.4. The van der Waals surface area contributed by atoms with Crippen LogP contribution in [0, 0.1) is 5.82 Å². The third-order valence-corrected chi connectivity index (χ3v) is 1.98. The Morgan fingerprint density at radius 1 is 1.29 bits per heavy atom. The van der Waals surface area contributed by atoms with Gasteiger partial charge < -0.3 is 0 Å². The number of nitrogens with one attached hydrogen (secondary N) is 1. The summed E-state index contributed by atoms with van der Waals surface area (Å²) in [5.41, 5.74) is -1.69. The second-order valence-corrected chi connectivity index (χ2v) is 3.13. The molecule has 4 nitrogen and oxygen atoms in total. The summed E-state index contributed by atoms with van der Waals surface area (Å²) in [6.07, 6.45) is -4.68. The van der Waals surface area contributed by atoms with Crippen molar-refractivity contribution in [3.8, 4) is 11.4 Å². The van der Waals surface area contributed by atoms with E-state index in [9.17, 15) is 22.4 Å². The third kappa shape index (κ3) is 2.19. The van der Waals surface area contributed by atoms with E-state index in [1.807, 2.05) is 4.98 Å². The number of nitrogens with zero attached hydrogens (tertiary/aromatic N) is 1. The van der Waals surface area contributed by atoms with Gasteiger partial charge in [0.15, 0.2) is 5.82 Å². The number of halogens is 4. The van der Waals surface area contributed by atoms with Crippen LogP contribution in [0.5, 0.6) is 0 Å². The molecule has 17 heavy (non-hydrogen) atoms. The summed E-state index contributed by atoms with van der Waals surface area (Å²) in [5, 5.41) is 3.09. The first-order chi connectivity index (χ1) is 7.88. The van der Waals surface area contributed by atoms with Crippen molar-refractivity contribution < 1.29 is 22.1 Å². The first-order valence-electron chi connectivity index (χ1n) is 4.31. The number of alkyl halides is 3. The van der Waals surface area contributed by atoms with Gasteiger partial charge in [0.2, 0.25) is 0 Å². The molecule has 0 saturated carbocycles. The minimum atomic E-state index is -4.68. The molecule has 0 bridgehead atoms. The zero-order valence-corrected chi connectivity index (χ0v) is 8.01. The van der Waals surface area contributed by atoms with Crippen LogP contribution in [0.2, 0.25) is 0 Å². The number of hydrogen-bond acceptors (Lipinski definition) is 3. The molecule has 0 aliphatic carbocycles. The fraction of sp³-hybridized carbons (Fsp3) is 0.111. The standard InChI is InChI=1S/C9H4F4N2O2/c10-4-1-2-6(9(11,12)13)5(3-4)7-14-8(16)17-15-7/h1-3H,(H,14,15,16). The maximum atomic E-state index is 12.9. The Balaban J connectivity index is 2.67. The van der Waals surface area contributed by atoms with Gasteiger partial charge in [-0.3, -0.25) is 9.51 Å². The van der Waals surface area contributed by atoms with Gasteiger partial charge in [0.25, 0.3) is 0 Å². The molecule has 0 fully saturated rings. The Labute approximate surface area is 90.9 Å². The lowest BCUT2D eigenvalue weighted by molar-refractivity contribution is -0.137. The van der Waals surface area contributed by atoms with Gasteiger partial charge >= 0.3 is 11.9 Å². The van der Waals surface area contributed by atoms with E-state index in [0.29, 0.717) is 18.2 Å². The van der Waals surface area contributed by atoms with Crippen molar-refractivity contribution in [1.82, 2.24) is 10.1 Å². The summed E-state index contributed by atoms with van der Waals surface area (Å²) in [7, 11) is 0. The number of hydrogen-bond donors (Lipinski definition) is 1. The van der Waals surface area contributed by atoms with Gasteiger partial charge in [-0.1, -0.05) is 5.16 Å². The maximum absolute atomic E-state index is 12.9. The molecule has 0 aliphatic heterocycles. The van der Waals surface area contributed by atoms with Crippen molar-refractivity contribution in [2.75, 3.05) is 0 Å². The smallest absolute Gasteiger partial charge is 0.296 e. The van der Waals surface area contributed by atoms with Gasteiger partial charge in [0, 0.05) is 5.56 Å². The lowest BCUT2D eigenvalue weighted by Gasteiger charge is -2.10. The van der Waals surface area contributed by atoms with Crippen LogP contribution in [0.15, 0.2) is 27.5 Å². The fourth-order valence-electron chi connectivity index (χ4n) is 1.31. The highest BCUT2D eigenvalue weighted by molar-refractivity contribution is 5.60. The molecular formula is C9H4F4N2O2. The van der Waals surface area contributed by atoms with E-state index in [4.69, 9.17) is 0 Å². The largest absolute Gasteiger partial charge is 0.439 e. The number of H-pyrrole nitrogens is 1. The number of aromatic amines is 1. The second kappa shape index (κ2) is 3.72. The van der Waals surface area contributed by atoms with Crippen molar-refractivity contribution >= 4 is 0 Å². The van der Waals surface area contributed by atoms with Crippen molar-refractivity contribution in [3.63, 3.8) is 0 Å². The molecule has 0 radical (unpaired) electrons. The van der Waals surface area contributed by atoms with Crippen molar-refractivity contribution in [3.05, 3.63) is 40.1 Å².